The summed E-state index contributed by atoms with van der Waals surface area (Å²) in [5, 5.41) is 14.3. The van der Waals surface area contributed by atoms with Gasteiger partial charge in [-0.15, -0.1) is 0 Å². The van der Waals surface area contributed by atoms with Crippen molar-refractivity contribution in [2.75, 3.05) is 5.75 Å². The van der Waals surface area contributed by atoms with Crippen molar-refractivity contribution in [1.29, 1.82) is 5.26 Å². The second-order valence-electron chi connectivity index (χ2n) is 5.53. The molecular weight excluding hydrogens is 310 g/mol. The average molecular weight is 331 g/mol. The molecule has 0 unspecified atom stereocenters. The van der Waals surface area contributed by atoms with Crippen molar-refractivity contribution in [1.82, 2.24) is 4.57 Å². The highest BCUT2D eigenvalue weighted by Gasteiger charge is 2.10. The van der Waals surface area contributed by atoms with E-state index in [-0.39, 0.29) is 5.75 Å². The summed E-state index contributed by atoms with van der Waals surface area (Å²) in [4.78, 5) is 0. The first-order chi connectivity index (χ1) is 10.9. The molecule has 1 aromatic heterocycles. The predicted octanol–water partition coefficient (Wildman–Crippen LogP) is 2.66. The maximum atomic E-state index is 11.0. The number of unbranched alkanes of at least 4 members (excludes halogenated alkanes) is 1. The minimum absolute atomic E-state index is 0.0577. The van der Waals surface area contributed by atoms with Crippen LogP contribution in [0, 0.1) is 11.3 Å². The van der Waals surface area contributed by atoms with Crippen LogP contribution in [-0.2, 0) is 23.0 Å². The van der Waals surface area contributed by atoms with Gasteiger partial charge in [0.05, 0.1) is 5.75 Å². The number of nitrogens with two attached hydrogens (primary N) is 1. The van der Waals surface area contributed by atoms with Crippen LogP contribution in [-0.4, -0.2) is 18.7 Å². The van der Waals surface area contributed by atoms with Gasteiger partial charge in [-0.2, -0.15) is 5.26 Å². The fourth-order valence-corrected chi connectivity index (χ4v) is 3.00. The molecule has 0 radical (unpaired) electrons. The molecule has 0 aliphatic heterocycles. The minimum atomic E-state index is -3.44. The van der Waals surface area contributed by atoms with E-state index >= 15 is 0 Å². The molecule has 0 saturated heterocycles. The van der Waals surface area contributed by atoms with E-state index in [0.717, 1.165) is 36.2 Å². The van der Waals surface area contributed by atoms with Crippen molar-refractivity contribution in [2.45, 2.75) is 32.7 Å². The molecule has 23 heavy (non-hydrogen) atoms. The molecule has 0 amide bonds. The lowest BCUT2D eigenvalue weighted by Gasteiger charge is -2.11. The van der Waals surface area contributed by atoms with Crippen LogP contribution in [0.2, 0.25) is 0 Å². The highest BCUT2D eigenvalue weighted by atomic mass is 32.2. The number of nitrogens with zero attached hydrogens (tertiary/aromatic N) is 2. The largest absolute Gasteiger partial charge is 0.332 e. The molecule has 2 aromatic rings. The Hall–Kier alpha value is -2.10. The van der Waals surface area contributed by atoms with Gasteiger partial charge in [0, 0.05) is 12.2 Å². The van der Waals surface area contributed by atoms with Gasteiger partial charge in [0.1, 0.15) is 11.8 Å². The summed E-state index contributed by atoms with van der Waals surface area (Å²) >= 11 is 0. The number of aryl methyl sites for hydroxylation is 1. The number of rotatable bonds is 7. The maximum absolute atomic E-state index is 11.0. The van der Waals surface area contributed by atoms with Gasteiger partial charge in [-0.3, -0.25) is 0 Å². The zero-order valence-electron chi connectivity index (χ0n) is 13.2. The van der Waals surface area contributed by atoms with Gasteiger partial charge in [-0.1, -0.05) is 37.6 Å². The van der Waals surface area contributed by atoms with Crippen LogP contribution < -0.4 is 5.14 Å². The molecule has 0 atom stereocenters. The van der Waals surface area contributed by atoms with Crippen molar-refractivity contribution >= 4 is 10.0 Å². The summed E-state index contributed by atoms with van der Waals surface area (Å²) in [6.07, 6.45) is 2.48. The normalized spacial score (nSPS) is 11.3. The third-order valence-corrected chi connectivity index (χ3v) is 4.53. The number of primary sulfonamides is 1. The van der Waals surface area contributed by atoms with Crippen LogP contribution in [0.15, 0.2) is 36.4 Å². The number of nitriles is 1. The second-order valence-corrected chi connectivity index (χ2v) is 7.27. The Bertz CT molecular complexity index is 799. The van der Waals surface area contributed by atoms with E-state index in [4.69, 9.17) is 5.14 Å². The van der Waals surface area contributed by atoms with Gasteiger partial charge in [0.2, 0.25) is 10.0 Å². The first kappa shape index (κ1) is 17.3. The van der Waals surface area contributed by atoms with Gasteiger partial charge in [0.15, 0.2) is 0 Å². The molecule has 1 aromatic carbocycles. The molecule has 0 aliphatic rings. The smallest absolute Gasteiger partial charge is 0.209 e. The average Bonchev–Trinajstić information content (AvgIpc) is 2.93. The second kappa shape index (κ2) is 7.44. The highest BCUT2D eigenvalue weighted by molar-refractivity contribution is 7.89. The summed E-state index contributed by atoms with van der Waals surface area (Å²) in [5.41, 5.74) is 3.61. The lowest BCUT2D eigenvalue weighted by atomic mass is 10.1. The lowest BCUT2D eigenvalue weighted by Crippen LogP contribution is -2.17. The Kier molecular flexibility index (Phi) is 5.59. The Labute approximate surface area is 137 Å². The van der Waals surface area contributed by atoms with Crippen LogP contribution in [0.25, 0.3) is 11.3 Å². The Morgan fingerprint density at radius 2 is 1.87 bits per heavy atom. The van der Waals surface area contributed by atoms with Crippen molar-refractivity contribution in [3.63, 3.8) is 0 Å². The first-order valence-electron chi connectivity index (χ1n) is 7.64. The van der Waals surface area contributed by atoms with Gasteiger partial charge in [0.25, 0.3) is 0 Å². The molecular formula is C17H21N3O2S. The van der Waals surface area contributed by atoms with Gasteiger partial charge in [-0.05, 0) is 36.1 Å². The van der Waals surface area contributed by atoms with Crippen molar-refractivity contribution < 1.29 is 8.42 Å². The van der Waals surface area contributed by atoms with Crippen molar-refractivity contribution in [3.8, 4) is 17.3 Å². The number of hydrogen-bond acceptors (Lipinski definition) is 3. The molecule has 1 heterocycles. The van der Waals surface area contributed by atoms with Crippen LogP contribution in [0.5, 0.6) is 0 Å². The third kappa shape index (κ3) is 4.68. The van der Waals surface area contributed by atoms with Crippen LogP contribution in [0.1, 0.15) is 31.0 Å². The van der Waals surface area contributed by atoms with Crippen LogP contribution in [0.4, 0.5) is 0 Å². The van der Waals surface area contributed by atoms with E-state index < -0.39 is 10.0 Å². The topological polar surface area (TPSA) is 88.9 Å². The van der Waals surface area contributed by atoms with Gasteiger partial charge in [-0.25, -0.2) is 13.6 Å². The van der Waals surface area contributed by atoms with Gasteiger partial charge < -0.3 is 4.57 Å². The zero-order valence-corrected chi connectivity index (χ0v) is 14.0. The maximum Gasteiger partial charge on any atom is 0.209 e. The SMILES string of the molecule is CCCCn1c(C#N)ccc1-c1ccc(CCS(N)(=O)=O)cc1. The Balaban J connectivity index is 2.22. The summed E-state index contributed by atoms with van der Waals surface area (Å²) in [6.45, 7) is 2.93. The van der Waals surface area contributed by atoms with E-state index in [9.17, 15) is 13.7 Å². The monoisotopic (exact) mass is 331 g/mol. The van der Waals surface area contributed by atoms with Crippen LogP contribution in [0.3, 0.4) is 0 Å². The van der Waals surface area contributed by atoms with Crippen LogP contribution >= 0.6 is 0 Å². The molecule has 2 N–H and O–H groups in total. The summed E-state index contributed by atoms with van der Waals surface area (Å²) in [6, 6.07) is 13.7. The van der Waals surface area contributed by atoms with Gasteiger partial charge >= 0.3 is 0 Å². The van der Waals surface area contributed by atoms with Crippen molar-refractivity contribution in [2.24, 2.45) is 5.14 Å². The molecule has 5 nitrogen and oxygen atoms in total. The van der Waals surface area contributed by atoms with E-state index in [0.29, 0.717) is 12.1 Å². The predicted molar refractivity (Wildman–Crippen MR) is 91.2 cm³/mol. The number of aromatic nitrogens is 1. The third-order valence-electron chi connectivity index (χ3n) is 3.76. The first-order valence-corrected chi connectivity index (χ1v) is 9.35. The summed E-state index contributed by atoms with van der Waals surface area (Å²) < 4.78 is 24.1. The number of sulfonamides is 1. The highest BCUT2D eigenvalue weighted by Crippen LogP contribution is 2.24. The molecule has 0 fully saturated rings. The standard InChI is InChI=1S/C17H21N3O2S/c1-2-3-11-20-16(13-18)8-9-17(20)15-6-4-14(5-7-15)10-12-23(19,21)22/h4-9H,2-3,10-12H2,1H3,(H2,19,21,22). The van der Waals surface area contributed by atoms with E-state index in [1.807, 2.05) is 41.0 Å². The van der Waals surface area contributed by atoms with E-state index in [1.54, 1.807) is 0 Å². The van der Waals surface area contributed by atoms with E-state index in [1.165, 1.54) is 0 Å². The summed E-state index contributed by atoms with van der Waals surface area (Å²) in [5.74, 6) is -0.0577. The number of benzene rings is 1. The van der Waals surface area contributed by atoms with Crippen molar-refractivity contribution in [3.05, 3.63) is 47.7 Å². The molecule has 0 spiro atoms. The minimum Gasteiger partial charge on any atom is -0.332 e. The molecule has 122 valence electrons. The quantitative estimate of drug-likeness (QED) is 0.846. The fraction of sp³-hybridized carbons (Fsp3) is 0.353. The molecule has 0 saturated carbocycles. The molecule has 6 heteroatoms. The fourth-order valence-electron chi connectivity index (χ4n) is 2.48. The Morgan fingerprint density at radius 1 is 1.17 bits per heavy atom. The Morgan fingerprint density at radius 3 is 2.43 bits per heavy atom. The zero-order chi connectivity index (χ0) is 16.9. The lowest BCUT2D eigenvalue weighted by molar-refractivity contribution is 0.597. The molecule has 0 bridgehead atoms. The molecule has 2 rings (SSSR count). The van der Waals surface area contributed by atoms with E-state index in [2.05, 4.69) is 13.0 Å². The molecule has 0 aliphatic carbocycles. The number of hydrogen-bond donors (Lipinski definition) is 1. The summed E-state index contributed by atoms with van der Waals surface area (Å²) in [7, 11) is -3.44.